The van der Waals surface area contributed by atoms with Gasteiger partial charge in [-0.1, -0.05) is 46.3 Å². The van der Waals surface area contributed by atoms with Crippen molar-refractivity contribution in [3.63, 3.8) is 0 Å². The Kier molecular flexibility index (Phi) is 5.53. The molecule has 0 saturated carbocycles. The van der Waals surface area contributed by atoms with Crippen molar-refractivity contribution in [1.82, 2.24) is 4.90 Å². The number of piperidine rings is 1. The summed E-state index contributed by atoms with van der Waals surface area (Å²) in [7, 11) is 0. The van der Waals surface area contributed by atoms with Crippen LogP contribution < -0.4 is 0 Å². The van der Waals surface area contributed by atoms with Crippen LogP contribution in [0.3, 0.4) is 0 Å². The van der Waals surface area contributed by atoms with Crippen LogP contribution in [0.25, 0.3) is 0 Å². The van der Waals surface area contributed by atoms with E-state index in [9.17, 15) is 0 Å². The van der Waals surface area contributed by atoms with Gasteiger partial charge < -0.3 is 4.90 Å². The van der Waals surface area contributed by atoms with Crippen LogP contribution in [0.15, 0.2) is 30.3 Å². The molecule has 0 bridgehead atoms. The van der Waals surface area contributed by atoms with Crippen LogP contribution in [0.1, 0.15) is 24.8 Å². The fraction of sp³-hybridized carbons (Fsp3) is 0.600. The molecule has 2 rings (SSSR count). The van der Waals surface area contributed by atoms with E-state index in [2.05, 4.69) is 51.2 Å². The molecule has 0 aromatic heterocycles. The van der Waals surface area contributed by atoms with Crippen molar-refractivity contribution >= 4 is 15.9 Å². The molecule has 94 valence electrons. The molecule has 1 aliphatic rings. The van der Waals surface area contributed by atoms with E-state index in [1.165, 1.54) is 56.2 Å². The molecular formula is C15H22BrN. The van der Waals surface area contributed by atoms with Crippen LogP contribution in [-0.4, -0.2) is 29.9 Å². The Morgan fingerprint density at radius 1 is 1.24 bits per heavy atom. The highest BCUT2D eigenvalue weighted by Gasteiger charge is 2.18. The first-order chi connectivity index (χ1) is 8.38. The van der Waals surface area contributed by atoms with E-state index in [1.807, 2.05) is 0 Å². The van der Waals surface area contributed by atoms with Crippen LogP contribution in [0, 0.1) is 5.92 Å². The van der Waals surface area contributed by atoms with Gasteiger partial charge in [0.2, 0.25) is 0 Å². The SMILES string of the molecule is BrCC1CCCN(CCCc2ccccc2)C1. The summed E-state index contributed by atoms with van der Waals surface area (Å²) in [5, 5.41) is 1.17. The smallest absolute Gasteiger partial charge is 0.00718 e. The van der Waals surface area contributed by atoms with Crippen molar-refractivity contribution in [2.75, 3.05) is 25.0 Å². The Morgan fingerprint density at radius 3 is 2.82 bits per heavy atom. The van der Waals surface area contributed by atoms with Crippen LogP contribution in [0.5, 0.6) is 0 Å². The largest absolute Gasteiger partial charge is 0.303 e. The quantitative estimate of drug-likeness (QED) is 0.748. The van der Waals surface area contributed by atoms with Crippen molar-refractivity contribution in [3.05, 3.63) is 35.9 Å². The number of hydrogen-bond acceptors (Lipinski definition) is 1. The molecule has 0 N–H and O–H groups in total. The molecule has 0 radical (unpaired) electrons. The summed E-state index contributed by atoms with van der Waals surface area (Å²) in [5.74, 6) is 0.875. The highest BCUT2D eigenvalue weighted by atomic mass is 79.9. The highest BCUT2D eigenvalue weighted by molar-refractivity contribution is 9.09. The Balaban J connectivity index is 1.68. The van der Waals surface area contributed by atoms with Gasteiger partial charge in [0.15, 0.2) is 0 Å². The molecule has 1 fully saturated rings. The molecular weight excluding hydrogens is 274 g/mol. The van der Waals surface area contributed by atoms with Gasteiger partial charge in [-0.3, -0.25) is 0 Å². The third-order valence-corrected chi connectivity index (χ3v) is 4.52. The van der Waals surface area contributed by atoms with Crippen molar-refractivity contribution in [1.29, 1.82) is 0 Å². The number of aryl methyl sites for hydroxylation is 1. The minimum Gasteiger partial charge on any atom is -0.303 e. The van der Waals surface area contributed by atoms with Crippen LogP contribution in [0.4, 0.5) is 0 Å². The zero-order valence-corrected chi connectivity index (χ0v) is 12.0. The maximum Gasteiger partial charge on any atom is 0.00718 e. The fourth-order valence-electron chi connectivity index (χ4n) is 2.63. The molecule has 0 spiro atoms. The van der Waals surface area contributed by atoms with E-state index in [4.69, 9.17) is 0 Å². The third-order valence-electron chi connectivity index (χ3n) is 3.60. The number of likely N-dealkylation sites (tertiary alicyclic amines) is 1. The second-order valence-corrected chi connectivity index (χ2v) is 5.70. The summed E-state index contributed by atoms with van der Waals surface area (Å²) in [6.45, 7) is 3.86. The monoisotopic (exact) mass is 295 g/mol. The minimum absolute atomic E-state index is 0.875. The van der Waals surface area contributed by atoms with Gasteiger partial charge in [0.1, 0.15) is 0 Å². The number of alkyl halides is 1. The van der Waals surface area contributed by atoms with Crippen molar-refractivity contribution in [3.8, 4) is 0 Å². The maximum atomic E-state index is 3.62. The molecule has 1 aromatic carbocycles. The Labute approximate surface area is 113 Å². The van der Waals surface area contributed by atoms with E-state index in [0.29, 0.717) is 0 Å². The molecule has 1 heterocycles. The minimum atomic E-state index is 0.875. The molecule has 1 atom stereocenters. The standard InChI is InChI=1S/C15H22BrN/c16-12-15-9-5-11-17(13-15)10-4-8-14-6-2-1-3-7-14/h1-3,6-7,15H,4-5,8-13H2. The normalized spacial score (nSPS) is 21.6. The molecule has 2 heteroatoms. The maximum absolute atomic E-state index is 3.62. The van der Waals surface area contributed by atoms with Gasteiger partial charge in [0, 0.05) is 11.9 Å². The van der Waals surface area contributed by atoms with Crippen LogP contribution in [-0.2, 0) is 6.42 Å². The lowest BCUT2D eigenvalue weighted by Gasteiger charge is -2.31. The molecule has 1 aromatic rings. The number of rotatable bonds is 5. The second-order valence-electron chi connectivity index (χ2n) is 5.05. The lowest BCUT2D eigenvalue weighted by Crippen LogP contribution is -2.36. The van der Waals surface area contributed by atoms with Gasteiger partial charge in [-0.2, -0.15) is 0 Å². The van der Waals surface area contributed by atoms with Gasteiger partial charge in [-0.15, -0.1) is 0 Å². The van der Waals surface area contributed by atoms with E-state index in [1.54, 1.807) is 0 Å². The van der Waals surface area contributed by atoms with Gasteiger partial charge in [-0.25, -0.2) is 0 Å². The lowest BCUT2D eigenvalue weighted by molar-refractivity contribution is 0.185. The fourth-order valence-corrected chi connectivity index (χ4v) is 3.16. The molecule has 0 aliphatic carbocycles. The first-order valence-corrected chi connectivity index (χ1v) is 7.83. The van der Waals surface area contributed by atoms with Gasteiger partial charge in [0.25, 0.3) is 0 Å². The van der Waals surface area contributed by atoms with Crippen molar-refractivity contribution in [2.45, 2.75) is 25.7 Å². The molecule has 1 nitrogen and oxygen atoms in total. The Morgan fingerprint density at radius 2 is 2.06 bits per heavy atom. The number of nitrogens with zero attached hydrogens (tertiary/aromatic N) is 1. The third kappa shape index (κ3) is 4.44. The average molecular weight is 296 g/mol. The Bertz CT molecular complexity index is 312. The number of hydrogen-bond donors (Lipinski definition) is 0. The van der Waals surface area contributed by atoms with E-state index < -0.39 is 0 Å². The molecule has 17 heavy (non-hydrogen) atoms. The summed E-state index contributed by atoms with van der Waals surface area (Å²) in [6, 6.07) is 10.8. The lowest BCUT2D eigenvalue weighted by atomic mass is 10.00. The summed E-state index contributed by atoms with van der Waals surface area (Å²) < 4.78 is 0. The second kappa shape index (κ2) is 7.17. The predicted molar refractivity (Wildman–Crippen MR) is 77.7 cm³/mol. The van der Waals surface area contributed by atoms with Gasteiger partial charge >= 0.3 is 0 Å². The van der Waals surface area contributed by atoms with Gasteiger partial charge in [0.05, 0.1) is 0 Å². The number of benzene rings is 1. The van der Waals surface area contributed by atoms with Crippen LogP contribution in [0.2, 0.25) is 0 Å². The van der Waals surface area contributed by atoms with Crippen molar-refractivity contribution in [2.24, 2.45) is 5.92 Å². The Hall–Kier alpha value is -0.340. The highest BCUT2D eigenvalue weighted by Crippen LogP contribution is 2.18. The predicted octanol–water partition coefficient (Wildman–Crippen LogP) is 3.73. The van der Waals surface area contributed by atoms with E-state index >= 15 is 0 Å². The van der Waals surface area contributed by atoms with Gasteiger partial charge in [-0.05, 0) is 50.3 Å². The molecule has 0 amide bonds. The first kappa shape index (κ1) is 13.1. The summed E-state index contributed by atoms with van der Waals surface area (Å²) in [4.78, 5) is 2.64. The molecule has 1 aliphatic heterocycles. The summed E-state index contributed by atoms with van der Waals surface area (Å²) in [6.07, 6.45) is 5.29. The zero-order chi connectivity index (χ0) is 11.9. The number of halogens is 1. The van der Waals surface area contributed by atoms with Crippen molar-refractivity contribution < 1.29 is 0 Å². The molecule has 1 unspecified atom stereocenters. The zero-order valence-electron chi connectivity index (χ0n) is 10.4. The topological polar surface area (TPSA) is 3.24 Å². The van der Waals surface area contributed by atoms with E-state index in [-0.39, 0.29) is 0 Å². The summed E-state index contributed by atoms with van der Waals surface area (Å²) >= 11 is 3.62. The summed E-state index contributed by atoms with van der Waals surface area (Å²) in [5.41, 5.74) is 1.47. The first-order valence-electron chi connectivity index (χ1n) is 6.70. The molecule has 1 saturated heterocycles. The average Bonchev–Trinajstić information content (AvgIpc) is 2.40. The van der Waals surface area contributed by atoms with E-state index in [0.717, 1.165) is 5.92 Å². The van der Waals surface area contributed by atoms with Crippen LogP contribution >= 0.6 is 15.9 Å².